The number of rotatable bonds is 4. The molecule has 6 heteroatoms. The van der Waals surface area contributed by atoms with E-state index in [0.29, 0.717) is 12.1 Å². The minimum Gasteiger partial charge on any atom is -0.351 e. The molecule has 0 aliphatic rings. The van der Waals surface area contributed by atoms with E-state index >= 15 is 0 Å². The molecule has 0 aliphatic heterocycles. The van der Waals surface area contributed by atoms with E-state index < -0.39 is 0 Å². The lowest BCUT2D eigenvalue weighted by Crippen LogP contribution is -2.12. The van der Waals surface area contributed by atoms with Crippen LogP contribution in [-0.2, 0) is 13.6 Å². The largest absolute Gasteiger partial charge is 0.351 e. The highest BCUT2D eigenvalue weighted by Gasteiger charge is 2.11. The molecule has 0 atom stereocenters. The number of nitrogens with zero attached hydrogens (tertiary/aromatic N) is 4. The Morgan fingerprint density at radius 1 is 1.12 bits per heavy atom. The second-order valence-electron chi connectivity index (χ2n) is 5.91. The van der Waals surface area contributed by atoms with Gasteiger partial charge in [-0.25, -0.2) is 9.67 Å². The van der Waals surface area contributed by atoms with Crippen LogP contribution in [0.3, 0.4) is 0 Å². The molecular formula is C19H17N5O. The van der Waals surface area contributed by atoms with Crippen molar-refractivity contribution in [1.29, 1.82) is 0 Å². The number of aryl methyl sites for hydroxylation is 1. The predicted octanol–water partition coefficient (Wildman–Crippen LogP) is 3.07. The van der Waals surface area contributed by atoms with E-state index in [1.54, 1.807) is 11.0 Å². The van der Waals surface area contributed by atoms with Crippen molar-refractivity contribution in [2.75, 3.05) is 5.32 Å². The SMILES string of the molecule is Cn1ccc2c(C(=O)Nc3ccc(Cn4cncn4)cc3)cccc21. The number of benzene rings is 2. The van der Waals surface area contributed by atoms with Crippen molar-refractivity contribution in [3.05, 3.63) is 78.5 Å². The molecule has 0 saturated carbocycles. The van der Waals surface area contributed by atoms with Gasteiger partial charge in [0, 0.05) is 35.4 Å². The van der Waals surface area contributed by atoms with Gasteiger partial charge < -0.3 is 9.88 Å². The van der Waals surface area contributed by atoms with Crippen LogP contribution in [0.5, 0.6) is 0 Å². The number of aromatic nitrogens is 4. The third-order valence-electron chi connectivity index (χ3n) is 4.20. The summed E-state index contributed by atoms with van der Waals surface area (Å²) in [5.74, 6) is -0.110. The van der Waals surface area contributed by atoms with Crippen molar-refractivity contribution < 1.29 is 4.79 Å². The normalized spacial score (nSPS) is 10.9. The molecule has 6 nitrogen and oxygen atoms in total. The number of carbonyl (C=O) groups excluding carboxylic acids is 1. The smallest absolute Gasteiger partial charge is 0.256 e. The molecule has 0 bridgehead atoms. The van der Waals surface area contributed by atoms with Crippen molar-refractivity contribution in [2.45, 2.75) is 6.54 Å². The molecule has 4 aromatic rings. The van der Waals surface area contributed by atoms with Crippen LogP contribution in [0.15, 0.2) is 67.4 Å². The topological polar surface area (TPSA) is 64.7 Å². The third kappa shape index (κ3) is 3.01. The summed E-state index contributed by atoms with van der Waals surface area (Å²) in [6.45, 7) is 0.650. The van der Waals surface area contributed by atoms with Crippen molar-refractivity contribution in [2.24, 2.45) is 7.05 Å². The predicted molar refractivity (Wildman–Crippen MR) is 96.4 cm³/mol. The van der Waals surface area contributed by atoms with Gasteiger partial charge in [0.05, 0.1) is 6.54 Å². The van der Waals surface area contributed by atoms with Gasteiger partial charge in [0.15, 0.2) is 0 Å². The molecule has 0 spiro atoms. The summed E-state index contributed by atoms with van der Waals surface area (Å²) >= 11 is 0. The first-order chi connectivity index (χ1) is 12.2. The average Bonchev–Trinajstić information content (AvgIpc) is 3.27. The van der Waals surface area contributed by atoms with Gasteiger partial charge in [0.1, 0.15) is 12.7 Å². The summed E-state index contributed by atoms with van der Waals surface area (Å²) < 4.78 is 3.76. The minimum absolute atomic E-state index is 0.110. The van der Waals surface area contributed by atoms with Crippen molar-refractivity contribution in [1.82, 2.24) is 19.3 Å². The summed E-state index contributed by atoms with van der Waals surface area (Å²) in [7, 11) is 1.97. The second-order valence-corrected chi connectivity index (χ2v) is 5.91. The summed E-state index contributed by atoms with van der Waals surface area (Å²) in [5.41, 5.74) is 3.56. The standard InChI is InChI=1S/C19H17N5O/c1-23-10-9-16-17(3-2-4-18(16)23)19(25)22-15-7-5-14(6-8-15)11-24-13-20-12-21-24/h2-10,12-13H,11H2,1H3,(H,22,25). The maximum atomic E-state index is 12.6. The van der Waals surface area contributed by atoms with Gasteiger partial charge >= 0.3 is 0 Å². The first-order valence-corrected chi connectivity index (χ1v) is 7.97. The molecule has 0 radical (unpaired) electrons. The molecule has 2 heterocycles. The van der Waals surface area contributed by atoms with E-state index in [4.69, 9.17) is 0 Å². The number of nitrogens with one attached hydrogen (secondary N) is 1. The van der Waals surface area contributed by atoms with Crippen LogP contribution in [0, 0.1) is 0 Å². The summed E-state index contributed by atoms with van der Waals surface area (Å²) in [6.07, 6.45) is 5.15. The van der Waals surface area contributed by atoms with Gasteiger partial charge in [-0.1, -0.05) is 18.2 Å². The Labute approximate surface area is 144 Å². The zero-order valence-corrected chi connectivity index (χ0v) is 13.8. The van der Waals surface area contributed by atoms with Crippen LogP contribution in [0.1, 0.15) is 15.9 Å². The van der Waals surface area contributed by atoms with Crippen LogP contribution in [0.4, 0.5) is 5.69 Å². The van der Waals surface area contributed by atoms with E-state index in [1.165, 1.54) is 6.33 Å². The lowest BCUT2D eigenvalue weighted by molar-refractivity contribution is 0.102. The molecule has 0 aliphatic carbocycles. The average molecular weight is 331 g/mol. The summed E-state index contributed by atoms with van der Waals surface area (Å²) in [5, 5.41) is 8.00. The Hall–Kier alpha value is -3.41. The van der Waals surface area contributed by atoms with Crippen molar-refractivity contribution in [3.63, 3.8) is 0 Å². The maximum absolute atomic E-state index is 12.6. The van der Waals surface area contributed by atoms with Gasteiger partial charge in [0.2, 0.25) is 0 Å². The summed E-state index contributed by atoms with van der Waals surface area (Å²) in [4.78, 5) is 16.6. The molecular weight excluding hydrogens is 314 g/mol. The number of hydrogen-bond donors (Lipinski definition) is 1. The fourth-order valence-electron chi connectivity index (χ4n) is 2.89. The van der Waals surface area contributed by atoms with E-state index in [2.05, 4.69) is 15.4 Å². The number of carbonyl (C=O) groups is 1. The van der Waals surface area contributed by atoms with Crippen LogP contribution in [0.2, 0.25) is 0 Å². The Morgan fingerprint density at radius 2 is 1.96 bits per heavy atom. The van der Waals surface area contributed by atoms with Gasteiger partial charge in [-0.05, 0) is 35.9 Å². The number of amides is 1. The highest BCUT2D eigenvalue weighted by molar-refractivity contribution is 6.12. The minimum atomic E-state index is -0.110. The Bertz CT molecular complexity index is 1020. The number of fused-ring (bicyclic) bond motifs is 1. The molecule has 1 amide bonds. The third-order valence-corrected chi connectivity index (χ3v) is 4.20. The van der Waals surface area contributed by atoms with Gasteiger partial charge in [-0.3, -0.25) is 4.79 Å². The van der Waals surface area contributed by atoms with Gasteiger partial charge in [-0.2, -0.15) is 5.10 Å². The van der Waals surface area contributed by atoms with Crippen molar-refractivity contribution in [3.8, 4) is 0 Å². The zero-order valence-electron chi connectivity index (χ0n) is 13.8. The van der Waals surface area contributed by atoms with E-state index in [9.17, 15) is 4.79 Å². The molecule has 124 valence electrons. The maximum Gasteiger partial charge on any atom is 0.256 e. The molecule has 0 saturated heterocycles. The molecule has 25 heavy (non-hydrogen) atoms. The van der Waals surface area contributed by atoms with E-state index in [0.717, 1.165) is 22.2 Å². The second kappa shape index (κ2) is 6.24. The van der Waals surface area contributed by atoms with E-state index in [1.807, 2.05) is 66.3 Å². The lowest BCUT2D eigenvalue weighted by atomic mass is 10.1. The first kappa shape index (κ1) is 15.1. The van der Waals surface area contributed by atoms with Crippen LogP contribution in [-0.4, -0.2) is 25.2 Å². The monoisotopic (exact) mass is 331 g/mol. The van der Waals surface area contributed by atoms with Gasteiger partial charge in [0.25, 0.3) is 5.91 Å². The quantitative estimate of drug-likeness (QED) is 0.625. The Kier molecular flexibility index (Phi) is 3.78. The fourth-order valence-corrected chi connectivity index (χ4v) is 2.89. The molecule has 2 aromatic heterocycles. The number of anilines is 1. The van der Waals surface area contributed by atoms with Crippen LogP contribution < -0.4 is 5.32 Å². The fraction of sp³-hybridized carbons (Fsp3) is 0.105. The summed E-state index contributed by atoms with van der Waals surface area (Å²) in [6, 6.07) is 15.5. The first-order valence-electron chi connectivity index (χ1n) is 7.97. The van der Waals surface area contributed by atoms with Crippen LogP contribution in [0.25, 0.3) is 10.9 Å². The van der Waals surface area contributed by atoms with Gasteiger partial charge in [-0.15, -0.1) is 0 Å². The zero-order chi connectivity index (χ0) is 17.2. The molecule has 4 rings (SSSR count). The van der Waals surface area contributed by atoms with E-state index in [-0.39, 0.29) is 5.91 Å². The Balaban J connectivity index is 1.52. The molecule has 2 aromatic carbocycles. The highest BCUT2D eigenvalue weighted by atomic mass is 16.1. The Morgan fingerprint density at radius 3 is 2.72 bits per heavy atom. The molecule has 1 N–H and O–H groups in total. The lowest BCUT2D eigenvalue weighted by Gasteiger charge is -2.08. The highest BCUT2D eigenvalue weighted by Crippen LogP contribution is 2.21. The van der Waals surface area contributed by atoms with Crippen molar-refractivity contribution >= 4 is 22.5 Å². The number of hydrogen-bond acceptors (Lipinski definition) is 3. The van der Waals surface area contributed by atoms with Crippen LogP contribution >= 0.6 is 0 Å². The molecule has 0 fully saturated rings. The molecule has 0 unspecified atom stereocenters.